The van der Waals surface area contributed by atoms with Crippen molar-refractivity contribution in [3.05, 3.63) is 87.3 Å². The zero-order valence-electron chi connectivity index (χ0n) is 23.5. The Balaban J connectivity index is 2.00. The minimum Gasteiger partial charge on any atom is -0.455 e. The zero-order valence-corrected chi connectivity index (χ0v) is 25.1. The second-order valence-corrected chi connectivity index (χ2v) is 13.4. The van der Waals surface area contributed by atoms with Crippen molar-refractivity contribution in [2.24, 2.45) is 0 Å². The molecule has 4 aromatic carbocycles. The van der Waals surface area contributed by atoms with Gasteiger partial charge in [0.15, 0.2) is 0 Å². The number of anilines is 1. The van der Waals surface area contributed by atoms with Crippen molar-refractivity contribution in [2.75, 3.05) is 5.73 Å². The summed E-state index contributed by atoms with van der Waals surface area (Å²) in [5.41, 5.74) is 9.63. The zero-order chi connectivity index (χ0) is 30.4. The minimum atomic E-state index is -4.94. The number of hydrogen-bond acceptors (Lipinski definition) is 6. The second kappa shape index (κ2) is 11.2. The van der Waals surface area contributed by atoms with Gasteiger partial charge in [0.05, 0.1) is 4.90 Å². The molecule has 4 aromatic rings. The maximum absolute atomic E-state index is 12.7. The molecular weight excluding hydrogens is 574 g/mol. The molecule has 0 saturated carbocycles. The highest BCUT2D eigenvalue weighted by Crippen LogP contribution is 2.43. The summed E-state index contributed by atoms with van der Waals surface area (Å²) in [6, 6.07) is 14.2. The number of nitrogens with two attached hydrogens (primary N) is 1. The first kappa shape index (κ1) is 29.8. The molecule has 0 aliphatic carbocycles. The molecule has 0 radical (unpaired) electrons. The van der Waals surface area contributed by atoms with Crippen LogP contribution in [0.4, 0.5) is 5.69 Å². The number of unbranched alkanes of at least 4 members (excludes halogenated alkanes) is 2. The van der Waals surface area contributed by atoms with Gasteiger partial charge >= 0.3 is 0 Å². The van der Waals surface area contributed by atoms with Gasteiger partial charge in [-0.2, -0.15) is 16.8 Å². The molecule has 10 heteroatoms. The van der Waals surface area contributed by atoms with Gasteiger partial charge in [-0.05, 0) is 84.3 Å². The van der Waals surface area contributed by atoms with E-state index < -0.39 is 30.0 Å². The van der Waals surface area contributed by atoms with Crippen molar-refractivity contribution >= 4 is 48.8 Å². The van der Waals surface area contributed by atoms with Gasteiger partial charge in [-0.25, -0.2) is 0 Å². The van der Waals surface area contributed by atoms with Crippen LogP contribution < -0.4 is 20.9 Å². The molecule has 0 fully saturated rings. The summed E-state index contributed by atoms with van der Waals surface area (Å²) in [5, 5.41) is 3.05. The molecule has 220 valence electrons. The van der Waals surface area contributed by atoms with Crippen LogP contribution >= 0.6 is 0 Å². The third kappa shape index (κ3) is 5.43. The normalized spacial score (nSPS) is 13.1. The number of rotatable bonds is 9. The van der Waals surface area contributed by atoms with E-state index in [9.17, 15) is 25.9 Å². The van der Waals surface area contributed by atoms with Crippen LogP contribution in [0.15, 0.2) is 64.4 Å². The van der Waals surface area contributed by atoms with E-state index in [1.807, 2.05) is 24.3 Å². The summed E-state index contributed by atoms with van der Waals surface area (Å²) < 4.78 is 76.0. The highest BCUT2D eigenvalue weighted by Gasteiger charge is 2.30. The van der Waals surface area contributed by atoms with E-state index >= 15 is 0 Å². The molecule has 0 atom stereocenters. The highest BCUT2D eigenvalue weighted by molar-refractivity contribution is 7.86. The van der Waals surface area contributed by atoms with Crippen LogP contribution in [0.5, 0.6) is 11.5 Å². The molecule has 0 saturated heterocycles. The van der Waals surface area contributed by atoms with E-state index in [4.69, 9.17) is 10.5 Å². The van der Waals surface area contributed by atoms with Crippen molar-refractivity contribution in [3.8, 4) is 11.5 Å². The van der Waals surface area contributed by atoms with Gasteiger partial charge in [-0.3, -0.25) is 9.11 Å². The average molecular weight is 608 g/mol. The molecule has 0 unspecified atom stereocenters. The van der Waals surface area contributed by atoms with E-state index in [1.54, 1.807) is 12.1 Å². The van der Waals surface area contributed by atoms with Gasteiger partial charge < -0.3 is 10.5 Å². The SMILES string of the molecule is C=c1c(CCCC)cc2c(c1CCCC)Oc1c(ccc3cc(N)ccc13)C=2c1ccc(S(=O)(=O)O)cc1S(=O)(=O)O. The van der Waals surface area contributed by atoms with Gasteiger partial charge in [0.1, 0.15) is 16.4 Å². The third-order valence-electron chi connectivity index (χ3n) is 7.70. The first-order valence-corrected chi connectivity index (χ1v) is 16.7. The van der Waals surface area contributed by atoms with Crippen LogP contribution in [0.2, 0.25) is 0 Å². The molecule has 8 nitrogen and oxygen atoms in total. The Labute approximate surface area is 245 Å². The molecular formula is C32H33NO7S2. The molecule has 5 rings (SSSR count). The lowest BCUT2D eigenvalue weighted by atomic mass is 9.87. The number of ether oxygens (including phenoxy) is 1. The molecule has 4 N–H and O–H groups in total. The standard InChI is InChI=1S/C32H33NO7S2/c1-4-6-8-20-17-28-30(26-15-12-23(41(34,35)36)18-29(26)42(37,38)39)27-13-10-21-16-22(33)11-14-25(21)32(27)40-31(28)24(19(20)3)9-7-5-2/h10-18H,3-9,33H2,1-2H3,(H,34,35,36)(H,37,38,39). The van der Waals surface area contributed by atoms with Gasteiger partial charge in [0.2, 0.25) is 0 Å². The molecule has 0 bridgehead atoms. The third-order valence-corrected chi connectivity index (χ3v) is 9.45. The predicted octanol–water partition coefficient (Wildman–Crippen LogP) is 5.36. The minimum absolute atomic E-state index is 0.0743. The Morgan fingerprint density at radius 1 is 0.810 bits per heavy atom. The lowest BCUT2D eigenvalue weighted by Gasteiger charge is -2.26. The van der Waals surface area contributed by atoms with Crippen molar-refractivity contribution in [1.82, 2.24) is 0 Å². The summed E-state index contributed by atoms with van der Waals surface area (Å²) in [6.07, 6.45) is 5.15. The highest BCUT2D eigenvalue weighted by atomic mass is 32.2. The fourth-order valence-electron chi connectivity index (χ4n) is 5.58. The first-order chi connectivity index (χ1) is 19.8. The largest absolute Gasteiger partial charge is 0.455 e. The fourth-order valence-corrected chi connectivity index (χ4v) is 6.88. The average Bonchev–Trinajstić information content (AvgIpc) is 2.93. The van der Waals surface area contributed by atoms with Crippen LogP contribution in [-0.4, -0.2) is 25.9 Å². The van der Waals surface area contributed by atoms with Gasteiger partial charge in [-0.1, -0.05) is 45.4 Å². The van der Waals surface area contributed by atoms with Gasteiger partial charge in [0.25, 0.3) is 20.2 Å². The molecule has 1 heterocycles. The van der Waals surface area contributed by atoms with E-state index in [1.165, 1.54) is 6.07 Å². The van der Waals surface area contributed by atoms with Gasteiger partial charge in [0, 0.05) is 38.6 Å². The summed E-state index contributed by atoms with van der Waals surface area (Å²) in [4.78, 5) is -1.30. The van der Waals surface area contributed by atoms with Crippen LogP contribution in [0, 0.1) is 0 Å². The molecule has 1 aliphatic heterocycles. The fraction of sp³-hybridized carbons (Fsp3) is 0.250. The maximum Gasteiger partial charge on any atom is 0.295 e. The number of nitrogen functional groups attached to an aromatic ring is 1. The van der Waals surface area contributed by atoms with Crippen LogP contribution in [-0.2, 0) is 33.1 Å². The van der Waals surface area contributed by atoms with Crippen LogP contribution in [0.1, 0.15) is 61.8 Å². The van der Waals surface area contributed by atoms with Crippen molar-refractivity contribution < 1.29 is 30.7 Å². The Hall–Kier alpha value is -3.70. The summed E-state index contributed by atoms with van der Waals surface area (Å²) >= 11 is 0. The molecule has 42 heavy (non-hydrogen) atoms. The lowest BCUT2D eigenvalue weighted by molar-refractivity contribution is 0.468. The smallest absolute Gasteiger partial charge is 0.295 e. The van der Waals surface area contributed by atoms with E-state index in [2.05, 4.69) is 20.4 Å². The van der Waals surface area contributed by atoms with E-state index in [0.717, 1.165) is 71.4 Å². The Morgan fingerprint density at radius 2 is 1.50 bits per heavy atom. The number of fused-ring (bicyclic) bond motifs is 4. The molecule has 0 aromatic heterocycles. The Bertz CT molecular complexity index is 2070. The summed E-state index contributed by atoms with van der Waals surface area (Å²) in [6.45, 7) is 8.62. The molecule has 0 spiro atoms. The molecule has 1 aliphatic rings. The quantitative estimate of drug-likeness (QED) is 0.150. The number of hydrogen-bond donors (Lipinski definition) is 3. The van der Waals surface area contributed by atoms with Crippen LogP contribution in [0.3, 0.4) is 0 Å². The summed E-state index contributed by atoms with van der Waals surface area (Å²) in [5.74, 6) is 1.02. The lowest BCUT2D eigenvalue weighted by Crippen LogP contribution is -2.27. The summed E-state index contributed by atoms with van der Waals surface area (Å²) in [7, 11) is -9.70. The monoisotopic (exact) mass is 607 g/mol. The van der Waals surface area contributed by atoms with E-state index in [-0.39, 0.29) is 5.56 Å². The predicted molar refractivity (Wildman–Crippen MR) is 165 cm³/mol. The number of aryl methyl sites for hydroxylation is 1. The molecule has 0 amide bonds. The first-order valence-electron chi connectivity index (χ1n) is 13.8. The van der Waals surface area contributed by atoms with Gasteiger partial charge in [-0.15, -0.1) is 0 Å². The van der Waals surface area contributed by atoms with Crippen molar-refractivity contribution in [1.29, 1.82) is 0 Å². The Morgan fingerprint density at radius 3 is 2.17 bits per heavy atom. The van der Waals surface area contributed by atoms with Crippen molar-refractivity contribution in [2.45, 2.75) is 62.2 Å². The van der Waals surface area contributed by atoms with E-state index in [0.29, 0.717) is 40.0 Å². The maximum atomic E-state index is 12.7. The second-order valence-electron chi connectivity index (χ2n) is 10.6. The Kier molecular flexibility index (Phi) is 7.93. The van der Waals surface area contributed by atoms with Crippen LogP contribution in [0.25, 0.3) is 22.9 Å². The van der Waals surface area contributed by atoms with Crippen molar-refractivity contribution in [3.63, 3.8) is 0 Å². The topological polar surface area (TPSA) is 144 Å². The number of benzene rings is 4.